The highest BCUT2D eigenvalue weighted by Gasteiger charge is 1.98. The van der Waals surface area contributed by atoms with Gasteiger partial charge in [0.15, 0.2) is 0 Å². The van der Waals surface area contributed by atoms with Crippen molar-refractivity contribution in [2.75, 3.05) is 20.2 Å². The van der Waals surface area contributed by atoms with Crippen LogP contribution in [0.3, 0.4) is 0 Å². The minimum Gasteiger partial charge on any atom is -0.395 e. The summed E-state index contributed by atoms with van der Waals surface area (Å²) >= 11 is 0. The average molecular weight is 155 g/mol. The molecule has 1 heterocycles. The third-order valence-corrected chi connectivity index (χ3v) is 1.49. The quantitative estimate of drug-likeness (QED) is 0.635. The number of aliphatic hydroxyl groups is 1. The van der Waals surface area contributed by atoms with Crippen LogP contribution in [0.4, 0.5) is 0 Å². The molecule has 62 valence electrons. The number of nitrogens with one attached hydrogen (secondary N) is 1. The molecule has 0 aliphatic rings. The van der Waals surface area contributed by atoms with Crippen molar-refractivity contribution in [1.29, 1.82) is 0 Å². The lowest BCUT2D eigenvalue weighted by Crippen LogP contribution is -2.21. The zero-order valence-electron chi connectivity index (χ0n) is 6.62. The molecule has 0 aliphatic heterocycles. The Morgan fingerprint density at radius 1 is 1.73 bits per heavy atom. The zero-order chi connectivity index (χ0) is 8.10. The van der Waals surface area contributed by atoms with E-state index in [2.05, 4.69) is 10.2 Å². The fourth-order valence-corrected chi connectivity index (χ4v) is 0.926. The van der Waals surface area contributed by atoms with Crippen LogP contribution in [0.2, 0.25) is 0 Å². The molecule has 0 bridgehead atoms. The average Bonchev–Trinajstić information content (AvgIpc) is 2.40. The van der Waals surface area contributed by atoms with Crippen molar-refractivity contribution in [3.8, 4) is 0 Å². The van der Waals surface area contributed by atoms with E-state index in [1.54, 1.807) is 6.20 Å². The normalized spacial score (nSPS) is 10.8. The van der Waals surface area contributed by atoms with Gasteiger partial charge in [-0.2, -0.15) is 5.10 Å². The lowest BCUT2D eigenvalue weighted by molar-refractivity contribution is 0.217. The number of nitrogens with zero attached hydrogens (tertiary/aromatic N) is 2. The number of hydrogen-bond acceptors (Lipinski definition) is 3. The summed E-state index contributed by atoms with van der Waals surface area (Å²) in [6, 6.07) is 0. The monoisotopic (exact) mass is 155 g/mol. The summed E-state index contributed by atoms with van der Waals surface area (Å²) in [5.41, 5.74) is 1.14. The van der Waals surface area contributed by atoms with Crippen molar-refractivity contribution < 1.29 is 5.11 Å². The molecule has 0 atom stereocenters. The van der Waals surface area contributed by atoms with Gasteiger partial charge < -0.3 is 5.11 Å². The number of hydrogen-bond donors (Lipinski definition) is 2. The second kappa shape index (κ2) is 4.10. The van der Waals surface area contributed by atoms with Gasteiger partial charge in [0.05, 0.1) is 12.8 Å². The Hall–Kier alpha value is -0.870. The van der Waals surface area contributed by atoms with Crippen LogP contribution >= 0.6 is 0 Å². The minimum atomic E-state index is 0.203. The fraction of sp³-hybridized carbons (Fsp3) is 0.571. The number of aromatic nitrogens is 2. The van der Waals surface area contributed by atoms with E-state index >= 15 is 0 Å². The second-order valence-electron chi connectivity index (χ2n) is 2.57. The molecular weight excluding hydrogens is 142 g/mol. The first-order valence-electron chi connectivity index (χ1n) is 3.60. The van der Waals surface area contributed by atoms with Crippen LogP contribution in [-0.4, -0.2) is 40.4 Å². The molecule has 0 spiro atoms. The number of aliphatic hydroxyl groups excluding tert-OH is 1. The molecule has 4 heteroatoms. The van der Waals surface area contributed by atoms with Gasteiger partial charge in [0.25, 0.3) is 0 Å². The van der Waals surface area contributed by atoms with E-state index in [1.807, 2.05) is 18.1 Å². The first kappa shape index (κ1) is 8.23. The smallest absolute Gasteiger partial charge is 0.0558 e. The SMILES string of the molecule is CN(CCO)Cc1cn[nH]c1. The molecule has 2 N–H and O–H groups in total. The number of aromatic amines is 1. The number of likely N-dealkylation sites (N-methyl/N-ethyl adjacent to an activating group) is 1. The largest absolute Gasteiger partial charge is 0.395 e. The Morgan fingerprint density at radius 2 is 2.55 bits per heavy atom. The summed E-state index contributed by atoms with van der Waals surface area (Å²) in [5, 5.41) is 15.2. The topological polar surface area (TPSA) is 52.1 Å². The zero-order valence-corrected chi connectivity index (χ0v) is 6.62. The number of H-pyrrole nitrogens is 1. The van der Waals surface area contributed by atoms with E-state index in [4.69, 9.17) is 5.11 Å². The van der Waals surface area contributed by atoms with Gasteiger partial charge in [-0.05, 0) is 7.05 Å². The van der Waals surface area contributed by atoms with Crippen LogP contribution < -0.4 is 0 Å². The maximum absolute atomic E-state index is 8.60. The van der Waals surface area contributed by atoms with E-state index in [9.17, 15) is 0 Å². The maximum Gasteiger partial charge on any atom is 0.0558 e. The molecular formula is C7H13N3O. The van der Waals surface area contributed by atoms with Crippen molar-refractivity contribution >= 4 is 0 Å². The van der Waals surface area contributed by atoms with Gasteiger partial charge in [0.1, 0.15) is 0 Å². The molecule has 0 aliphatic carbocycles. The summed E-state index contributed by atoms with van der Waals surface area (Å²) in [5.74, 6) is 0. The summed E-state index contributed by atoms with van der Waals surface area (Å²) in [4.78, 5) is 2.03. The van der Waals surface area contributed by atoms with Crippen LogP contribution in [-0.2, 0) is 6.54 Å². The molecule has 0 saturated carbocycles. The molecule has 0 unspecified atom stereocenters. The summed E-state index contributed by atoms with van der Waals surface area (Å²) in [6.07, 6.45) is 3.64. The van der Waals surface area contributed by atoms with E-state index in [0.717, 1.165) is 12.1 Å². The summed E-state index contributed by atoms with van der Waals surface area (Å²) in [7, 11) is 1.96. The van der Waals surface area contributed by atoms with Crippen molar-refractivity contribution in [2.45, 2.75) is 6.54 Å². The molecule has 0 fully saturated rings. The van der Waals surface area contributed by atoms with E-state index in [0.29, 0.717) is 6.54 Å². The summed E-state index contributed by atoms with van der Waals surface area (Å²) in [6.45, 7) is 1.73. The van der Waals surface area contributed by atoms with Gasteiger partial charge in [-0.3, -0.25) is 10.00 Å². The lowest BCUT2D eigenvalue weighted by Gasteiger charge is -2.12. The molecule has 0 aromatic carbocycles. The first-order valence-corrected chi connectivity index (χ1v) is 3.60. The molecule has 11 heavy (non-hydrogen) atoms. The molecule has 4 nitrogen and oxygen atoms in total. The Balaban J connectivity index is 2.31. The predicted molar refractivity (Wildman–Crippen MR) is 42.0 cm³/mol. The van der Waals surface area contributed by atoms with Crippen molar-refractivity contribution in [2.24, 2.45) is 0 Å². The van der Waals surface area contributed by atoms with Crippen LogP contribution in [0.15, 0.2) is 12.4 Å². The van der Waals surface area contributed by atoms with Crippen LogP contribution in [0.5, 0.6) is 0 Å². The Bertz CT molecular complexity index is 186. The Morgan fingerprint density at radius 3 is 3.09 bits per heavy atom. The fourth-order valence-electron chi connectivity index (χ4n) is 0.926. The van der Waals surface area contributed by atoms with E-state index in [-0.39, 0.29) is 6.61 Å². The third-order valence-electron chi connectivity index (χ3n) is 1.49. The molecule has 1 aromatic heterocycles. The molecule has 1 rings (SSSR count). The van der Waals surface area contributed by atoms with E-state index in [1.165, 1.54) is 0 Å². The highest BCUT2D eigenvalue weighted by molar-refractivity contribution is 5.01. The summed E-state index contributed by atoms with van der Waals surface area (Å²) < 4.78 is 0. The van der Waals surface area contributed by atoms with Crippen molar-refractivity contribution in [1.82, 2.24) is 15.1 Å². The minimum absolute atomic E-state index is 0.203. The maximum atomic E-state index is 8.60. The first-order chi connectivity index (χ1) is 5.33. The molecule has 0 radical (unpaired) electrons. The van der Waals surface area contributed by atoms with Crippen LogP contribution in [0.25, 0.3) is 0 Å². The van der Waals surface area contributed by atoms with Gasteiger partial charge in [-0.25, -0.2) is 0 Å². The Labute approximate surface area is 65.8 Å². The van der Waals surface area contributed by atoms with E-state index < -0.39 is 0 Å². The van der Waals surface area contributed by atoms with Gasteiger partial charge in [0, 0.05) is 24.8 Å². The highest BCUT2D eigenvalue weighted by atomic mass is 16.3. The second-order valence-corrected chi connectivity index (χ2v) is 2.57. The van der Waals surface area contributed by atoms with Gasteiger partial charge in [-0.1, -0.05) is 0 Å². The number of rotatable bonds is 4. The van der Waals surface area contributed by atoms with Crippen LogP contribution in [0.1, 0.15) is 5.56 Å². The van der Waals surface area contributed by atoms with Gasteiger partial charge >= 0.3 is 0 Å². The van der Waals surface area contributed by atoms with Crippen molar-refractivity contribution in [3.63, 3.8) is 0 Å². The molecule has 0 saturated heterocycles. The third kappa shape index (κ3) is 2.69. The van der Waals surface area contributed by atoms with Gasteiger partial charge in [0.2, 0.25) is 0 Å². The standard InChI is InChI=1S/C7H13N3O/c1-10(2-3-11)6-7-4-8-9-5-7/h4-5,11H,2-3,6H2,1H3,(H,8,9). The lowest BCUT2D eigenvalue weighted by atomic mass is 10.3. The Kier molecular flexibility index (Phi) is 3.07. The van der Waals surface area contributed by atoms with Crippen molar-refractivity contribution in [3.05, 3.63) is 18.0 Å². The van der Waals surface area contributed by atoms with Gasteiger partial charge in [-0.15, -0.1) is 0 Å². The molecule has 1 aromatic rings. The van der Waals surface area contributed by atoms with Crippen LogP contribution in [0, 0.1) is 0 Å². The highest BCUT2D eigenvalue weighted by Crippen LogP contribution is 1.97. The molecule has 0 amide bonds. The predicted octanol–water partition coefficient (Wildman–Crippen LogP) is -0.166.